The minimum absolute atomic E-state index is 0.0414. The molecule has 1 aliphatic rings. The van der Waals surface area contributed by atoms with E-state index >= 15 is 0 Å². The van der Waals surface area contributed by atoms with E-state index in [0.29, 0.717) is 12.2 Å². The first-order valence-electron chi connectivity index (χ1n) is 8.58. The maximum Gasteiger partial charge on any atom is 0.267 e. The van der Waals surface area contributed by atoms with E-state index in [2.05, 4.69) is 5.10 Å². The van der Waals surface area contributed by atoms with Gasteiger partial charge in [0.25, 0.3) is 5.56 Å². The van der Waals surface area contributed by atoms with Gasteiger partial charge in [-0.05, 0) is 24.6 Å². The van der Waals surface area contributed by atoms with Crippen LogP contribution in [0.4, 0.5) is 4.39 Å². The van der Waals surface area contributed by atoms with Crippen molar-refractivity contribution in [3.05, 3.63) is 46.5 Å². The van der Waals surface area contributed by atoms with E-state index < -0.39 is 33.2 Å². The third kappa shape index (κ3) is 4.22. The summed E-state index contributed by atoms with van der Waals surface area (Å²) in [6.07, 6.45) is 0.365. The van der Waals surface area contributed by atoms with Crippen LogP contribution >= 0.6 is 0 Å². The second-order valence-corrected chi connectivity index (χ2v) is 8.85. The number of hydrogen-bond acceptors (Lipinski definition) is 6. The zero-order valence-corrected chi connectivity index (χ0v) is 16.3. The van der Waals surface area contributed by atoms with Crippen LogP contribution in [-0.4, -0.2) is 60.7 Å². The highest BCUT2D eigenvalue weighted by atomic mass is 32.2. The highest BCUT2D eigenvalue weighted by Gasteiger charge is 2.32. The van der Waals surface area contributed by atoms with Gasteiger partial charge < -0.3 is 9.64 Å². The number of aromatic nitrogens is 2. The highest BCUT2D eigenvalue weighted by Crippen LogP contribution is 2.24. The molecule has 1 amide bonds. The van der Waals surface area contributed by atoms with Gasteiger partial charge in [-0.3, -0.25) is 9.59 Å². The Morgan fingerprint density at radius 2 is 2.11 bits per heavy atom. The normalized spacial score (nSPS) is 18.0. The van der Waals surface area contributed by atoms with Gasteiger partial charge in [-0.15, -0.1) is 0 Å². The monoisotopic (exact) mass is 409 g/mol. The molecule has 0 bridgehead atoms. The van der Waals surface area contributed by atoms with Gasteiger partial charge in [-0.2, -0.15) is 5.10 Å². The van der Waals surface area contributed by atoms with Crippen molar-refractivity contribution in [2.75, 3.05) is 25.7 Å². The Labute approximate surface area is 161 Å². The molecule has 8 nitrogen and oxygen atoms in total. The van der Waals surface area contributed by atoms with Crippen molar-refractivity contribution in [1.29, 1.82) is 0 Å². The molecule has 1 saturated heterocycles. The molecule has 1 aliphatic heterocycles. The van der Waals surface area contributed by atoms with Crippen LogP contribution in [0.5, 0.6) is 5.75 Å². The summed E-state index contributed by atoms with van der Waals surface area (Å²) in [5, 5.41) is 4.09. The van der Waals surface area contributed by atoms with E-state index in [0.717, 1.165) is 4.68 Å². The van der Waals surface area contributed by atoms with Gasteiger partial charge in [0.1, 0.15) is 18.1 Å². The van der Waals surface area contributed by atoms with Crippen molar-refractivity contribution >= 4 is 15.7 Å². The molecule has 2 heterocycles. The molecular formula is C18H20FN3O5S. The number of benzene rings is 1. The van der Waals surface area contributed by atoms with E-state index in [1.54, 1.807) is 6.07 Å². The van der Waals surface area contributed by atoms with Crippen LogP contribution in [0.1, 0.15) is 6.42 Å². The summed E-state index contributed by atoms with van der Waals surface area (Å²) in [5.41, 5.74) is -0.158. The minimum atomic E-state index is -3.14. The van der Waals surface area contributed by atoms with E-state index in [4.69, 9.17) is 4.74 Å². The zero-order valence-electron chi connectivity index (χ0n) is 15.5. The second kappa shape index (κ2) is 7.70. The lowest BCUT2D eigenvalue weighted by atomic mass is 10.1. The van der Waals surface area contributed by atoms with E-state index in [1.807, 2.05) is 0 Å². The number of nitrogens with zero attached hydrogens (tertiary/aromatic N) is 3. The largest absolute Gasteiger partial charge is 0.497 e. The van der Waals surface area contributed by atoms with Gasteiger partial charge in [-0.25, -0.2) is 17.5 Å². The van der Waals surface area contributed by atoms with Crippen molar-refractivity contribution < 1.29 is 22.3 Å². The number of carbonyl (C=O) groups excluding carboxylic acids is 1. The number of hydrogen-bond donors (Lipinski definition) is 0. The fourth-order valence-corrected chi connectivity index (χ4v) is 4.83. The second-order valence-electron chi connectivity index (χ2n) is 6.62. The quantitative estimate of drug-likeness (QED) is 0.721. The van der Waals surface area contributed by atoms with Crippen LogP contribution in [0.15, 0.2) is 35.1 Å². The Hall–Kier alpha value is -2.75. The lowest BCUT2D eigenvalue weighted by Gasteiger charge is -2.23. The average Bonchev–Trinajstić information content (AvgIpc) is 3.02. The molecule has 0 aliphatic carbocycles. The number of carbonyl (C=O) groups is 1. The van der Waals surface area contributed by atoms with Crippen LogP contribution < -0.4 is 10.3 Å². The number of likely N-dealkylation sites (N-methyl/N-ethyl adjacent to an activating group) is 1. The first kappa shape index (κ1) is 20.0. The number of rotatable bonds is 5. The molecule has 1 atom stereocenters. The third-order valence-corrected chi connectivity index (χ3v) is 6.50. The van der Waals surface area contributed by atoms with Crippen LogP contribution in [0.3, 0.4) is 0 Å². The highest BCUT2D eigenvalue weighted by molar-refractivity contribution is 7.91. The Balaban J connectivity index is 1.82. The number of ether oxygens (including phenoxy) is 1. The summed E-state index contributed by atoms with van der Waals surface area (Å²) in [6.45, 7) is -0.364. The smallest absolute Gasteiger partial charge is 0.267 e. The predicted octanol–water partition coefficient (Wildman–Crippen LogP) is 0.703. The molecule has 28 heavy (non-hydrogen) atoms. The number of halogens is 1. The van der Waals surface area contributed by atoms with Crippen LogP contribution in [0.25, 0.3) is 11.3 Å². The maximum absolute atomic E-state index is 14.3. The number of sulfone groups is 1. The molecule has 0 unspecified atom stereocenters. The van der Waals surface area contributed by atoms with Crippen molar-refractivity contribution in [3.8, 4) is 17.0 Å². The first-order valence-corrected chi connectivity index (χ1v) is 10.4. The molecule has 0 spiro atoms. The molecule has 1 fully saturated rings. The Morgan fingerprint density at radius 1 is 1.36 bits per heavy atom. The first-order chi connectivity index (χ1) is 13.2. The number of methoxy groups -OCH3 is 1. The molecule has 3 rings (SSSR count). The summed E-state index contributed by atoms with van der Waals surface area (Å²) >= 11 is 0. The topological polar surface area (TPSA) is 98.6 Å². The van der Waals surface area contributed by atoms with Crippen molar-refractivity contribution in [2.24, 2.45) is 0 Å². The molecular weight excluding hydrogens is 389 g/mol. The Bertz CT molecular complexity index is 1070. The van der Waals surface area contributed by atoms with Crippen LogP contribution in [-0.2, 0) is 21.2 Å². The van der Waals surface area contributed by atoms with E-state index in [-0.39, 0.29) is 29.3 Å². The standard InChI is InChI=1S/C18H20FN3O5S/c1-21(12-7-8-28(25,26)11-12)18(24)10-22-17(23)6-5-16(20-22)14-4-3-13(27-2)9-15(14)19/h3-6,9,12H,7-8,10-11H2,1-2H3/t12-/m0/s1. The molecule has 2 aromatic rings. The van der Waals surface area contributed by atoms with Crippen molar-refractivity contribution in [1.82, 2.24) is 14.7 Å². The maximum atomic E-state index is 14.3. The fraction of sp³-hybridized carbons (Fsp3) is 0.389. The number of amides is 1. The molecule has 1 aromatic carbocycles. The van der Waals surface area contributed by atoms with E-state index in [9.17, 15) is 22.4 Å². The van der Waals surface area contributed by atoms with Crippen molar-refractivity contribution in [3.63, 3.8) is 0 Å². The SMILES string of the molecule is COc1ccc(-c2ccc(=O)n(CC(=O)N(C)[C@H]3CCS(=O)(=O)C3)n2)c(F)c1. The van der Waals surface area contributed by atoms with Gasteiger partial charge >= 0.3 is 0 Å². The summed E-state index contributed by atoms with van der Waals surface area (Å²) in [4.78, 5) is 25.9. The van der Waals surface area contributed by atoms with Gasteiger partial charge in [0, 0.05) is 30.8 Å². The van der Waals surface area contributed by atoms with Crippen LogP contribution in [0.2, 0.25) is 0 Å². The lowest BCUT2D eigenvalue weighted by Crippen LogP contribution is -2.41. The fourth-order valence-electron chi connectivity index (χ4n) is 3.06. The zero-order chi connectivity index (χ0) is 20.5. The molecule has 0 radical (unpaired) electrons. The minimum Gasteiger partial charge on any atom is -0.497 e. The summed E-state index contributed by atoms with van der Waals surface area (Å²) in [5.74, 6) is -0.715. The van der Waals surface area contributed by atoms with Crippen LogP contribution in [0, 0.1) is 5.82 Å². The molecule has 1 aromatic heterocycles. The van der Waals surface area contributed by atoms with Crippen molar-refractivity contribution in [2.45, 2.75) is 19.0 Å². The summed E-state index contributed by atoms with van der Waals surface area (Å²) in [6, 6.07) is 6.40. The third-order valence-electron chi connectivity index (χ3n) is 4.75. The van der Waals surface area contributed by atoms with Gasteiger partial charge in [0.05, 0.1) is 24.3 Å². The van der Waals surface area contributed by atoms with Gasteiger partial charge in [0.15, 0.2) is 9.84 Å². The van der Waals surface area contributed by atoms with E-state index in [1.165, 1.54) is 43.3 Å². The Kier molecular flexibility index (Phi) is 5.50. The molecule has 150 valence electrons. The van der Waals surface area contributed by atoms with Gasteiger partial charge in [-0.1, -0.05) is 0 Å². The summed E-state index contributed by atoms with van der Waals surface area (Å²) < 4.78 is 43.4. The molecule has 0 saturated carbocycles. The summed E-state index contributed by atoms with van der Waals surface area (Å²) in [7, 11) is -0.211. The lowest BCUT2D eigenvalue weighted by molar-refractivity contribution is -0.132. The average molecular weight is 409 g/mol. The van der Waals surface area contributed by atoms with Gasteiger partial charge in [0.2, 0.25) is 5.91 Å². The predicted molar refractivity (Wildman–Crippen MR) is 100 cm³/mol. The molecule has 0 N–H and O–H groups in total. The Morgan fingerprint density at radius 3 is 2.71 bits per heavy atom. The molecule has 10 heteroatoms.